The van der Waals surface area contributed by atoms with Crippen molar-refractivity contribution in [3.05, 3.63) is 224 Å². The van der Waals surface area contributed by atoms with Crippen LogP contribution in [0.1, 0.15) is 0 Å². The van der Waals surface area contributed by atoms with Crippen LogP contribution in [0.2, 0.25) is 0 Å². The number of anilines is 3. The normalized spacial score (nSPS) is 11.6. The average Bonchev–Trinajstić information content (AvgIpc) is 3.92. The Labute approximate surface area is 357 Å². The molecule has 0 saturated heterocycles. The van der Waals surface area contributed by atoms with Crippen LogP contribution in [0, 0.1) is 0 Å². The molecule has 3 heteroatoms. The van der Waals surface area contributed by atoms with E-state index in [9.17, 15) is 0 Å². The van der Waals surface area contributed by atoms with Crippen molar-refractivity contribution in [3.63, 3.8) is 0 Å². The van der Waals surface area contributed by atoms with Gasteiger partial charge in [0.2, 0.25) is 0 Å². The van der Waals surface area contributed by atoms with Gasteiger partial charge in [0, 0.05) is 53.3 Å². The summed E-state index contributed by atoms with van der Waals surface area (Å²) in [6.07, 6.45) is 0. The van der Waals surface area contributed by atoms with Crippen molar-refractivity contribution in [2.45, 2.75) is 0 Å². The highest BCUT2D eigenvalue weighted by Gasteiger charge is 2.21. The van der Waals surface area contributed by atoms with Crippen molar-refractivity contribution in [2.75, 3.05) is 4.90 Å². The number of para-hydroxylation sites is 1. The first-order chi connectivity index (χ1) is 30.2. The molecule has 0 aliphatic heterocycles. The molecule has 0 unspecified atom stereocenters. The number of furan rings is 1. The summed E-state index contributed by atoms with van der Waals surface area (Å²) in [5, 5.41) is 7.15. The predicted octanol–water partition coefficient (Wildman–Crippen LogP) is 17.2. The molecule has 61 heavy (non-hydrogen) atoms. The van der Waals surface area contributed by atoms with Crippen LogP contribution in [0.4, 0.5) is 17.1 Å². The molecule has 0 atom stereocenters. The van der Waals surface area contributed by atoms with Crippen molar-refractivity contribution in [1.82, 2.24) is 0 Å². The minimum absolute atomic E-state index is 0.882. The van der Waals surface area contributed by atoms with E-state index in [4.69, 9.17) is 4.42 Å². The number of benzene rings is 10. The van der Waals surface area contributed by atoms with Crippen molar-refractivity contribution in [1.29, 1.82) is 0 Å². The number of hydrogen-bond donors (Lipinski definition) is 0. The lowest BCUT2D eigenvalue weighted by Gasteiger charge is -2.28. The molecule has 0 aliphatic rings. The molecule has 2 aromatic heterocycles. The van der Waals surface area contributed by atoms with Gasteiger partial charge in [-0.25, -0.2) is 0 Å². The maximum absolute atomic E-state index is 6.68. The van der Waals surface area contributed by atoms with Gasteiger partial charge in [-0.3, -0.25) is 0 Å². The molecule has 0 radical (unpaired) electrons. The zero-order valence-corrected chi connectivity index (χ0v) is 33.9. The van der Waals surface area contributed by atoms with Gasteiger partial charge in [-0.2, -0.15) is 0 Å². The first-order valence-corrected chi connectivity index (χ1v) is 21.6. The number of hydrogen-bond acceptors (Lipinski definition) is 3. The molecule has 0 saturated carbocycles. The van der Waals surface area contributed by atoms with E-state index in [2.05, 4.69) is 229 Å². The van der Waals surface area contributed by atoms with Gasteiger partial charge in [0.15, 0.2) is 0 Å². The molecular formula is C58H37NOS. The Morgan fingerprint density at radius 1 is 0.344 bits per heavy atom. The van der Waals surface area contributed by atoms with Crippen LogP contribution in [-0.4, -0.2) is 0 Å². The summed E-state index contributed by atoms with van der Waals surface area (Å²) in [5.41, 5.74) is 14.6. The second-order valence-corrected chi connectivity index (χ2v) is 16.7. The molecule has 0 spiro atoms. The zero-order valence-electron chi connectivity index (χ0n) is 33.1. The molecule has 12 aromatic rings. The van der Waals surface area contributed by atoms with Crippen LogP contribution in [0.15, 0.2) is 229 Å². The van der Waals surface area contributed by atoms with Crippen molar-refractivity contribution in [2.24, 2.45) is 0 Å². The van der Waals surface area contributed by atoms with Crippen molar-refractivity contribution < 1.29 is 4.42 Å². The highest BCUT2D eigenvalue weighted by Crippen LogP contribution is 2.47. The molecule has 2 heterocycles. The summed E-state index contributed by atoms with van der Waals surface area (Å²) in [6, 6.07) is 81.0. The van der Waals surface area contributed by atoms with Crippen LogP contribution in [0.3, 0.4) is 0 Å². The van der Waals surface area contributed by atoms with Gasteiger partial charge in [0.05, 0.1) is 5.69 Å². The monoisotopic (exact) mass is 795 g/mol. The smallest absolute Gasteiger partial charge is 0.143 e. The molecule has 12 rings (SSSR count). The van der Waals surface area contributed by atoms with E-state index in [1.54, 1.807) is 0 Å². The first kappa shape index (κ1) is 35.2. The number of fused-ring (bicyclic) bond motifs is 8. The van der Waals surface area contributed by atoms with E-state index >= 15 is 0 Å². The topological polar surface area (TPSA) is 16.4 Å². The first-order valence-electron chi connectivity index (χ1n) is 20.7. The molecule has 0 N–H and O–H groups in total. The number of nitrogens with zero attached hydrogens (tertiary/aromatic N) is 1. The van der Waals surface area contributed by atoms with Crippen molar-refractivity contribution in [3.8, 4) is 44.5 Å². The fraction of sp³-hybridized carbons (Fsp3) is 0. The Kier molecular flexibility index (Phi) is 8.39. The summed E-state index contributed by atoms with van der Waals surface area (Å²) < 4.78 is 9.31. The second kappa shape index (κ2) is 14.5. The maximum atomic E-state index is 6.68. The second-order valence-electron chi connectivity index (χ2n) is 15.6. The minimum Gasteiger partial charge on any atom is -0.455 e. The quantitative estimate of drug-likeness (QED) is 0.160. The van der Waals surface area contributed by atoms with Crippen LogP contribution >= 0.6 is 11.3 Å². The Balaban J connectivity index is 0.999. The highest BCUT2D eigenvalue weighted by molar-refractivity contribution is 7.26. The largest absolute Gasteiger partial charge is 0.455 e. The molecule has 0 fully saturated rings. The summed E-state index contributed by atoms with van der Waals surface area (Å²) in [6.45, 7) is 0. The molecule has 0 aliphatic carbocycles. The van der Waals surface area contributed by atoms with E-state index in [1.165, 1.54) is 58.9 Å². The van der Waals surface area contributed by atoms with Gasteiger partial charge in [0.25, 0.3) is 0 Å². The maximum Gasteiger partial charge on any atom is 0.143 e. The van der Waals surface area contributed by atoms with Crippen LogP contribution < -0.4 is 4.90 Å². The van der Waals surface area contributed by atoms with Gasteiger partial charge in [-0.15, -0.1) is 11.3 Å². The molecule has 286 valence electrons. The summed E-state index contributed by atoms with van der Waals surface area (Å²) in [4.78, 5) is 2.40. The standard InChI is InChI=1S/C58H37NOS/c1-2-12-38(13-3-1)39-24-26-40(27-25-39)41-28-33-44(34-29-41)59(45-35-30-43(31-36-45)47-18-10-20-51-49-17-7-9-23-55(49)61-58(47)51)53-21-8-6-16-48(53)50-19-11-22-54-56(50)52-37-32-42-14-4-5-15-46(42)57(52)60-54/h1-37H. The Hall–Kier alpha value is -7.72. The summed E-state index contributed by atoms with van der Waals surface area (Å²) >= 11 is 1.87. The van der Waals surface area contributed by atoms with Crippen LogP contribution in [0.5, 0.6) is 0 Å². The Bertz CT molecular complexity index is 3560. The average molecular weight is 796 g/mol. The fourth-order valence-electron chi connectivity index (χ4n) is 9.16. The van der Waals surface area contributed by atoms with Gasteiger partial charge >= 0.3 is 0 Å². The highest BCUT2D eigenvalue weighted by atomic mass is 32.1. The van der Waals surface area contributed by atoms with E-state index < -0.39 is 0 Å². The SMILES string of the molecule is c1ccc(-c2ccc(-c3ccc(N(c4ccc(-c5cccc6c5sc5ccccc56)cc4)c4ccccc4-c4cccc5oc6c7ccccc7ccc6c45)cc3)cc2)cc1. The number of thiophene rings is 1. The lowest BCUT2D eigenvalue weighted by atomic mass is 9.95. The molecule has 10 aromatic carbocycles. The fourth-order valence-corrected chi connectivity index (χ4v) is 10.4. The molecule has 2 nitrogen and oxygen atoms in total. The van der Waals surface area contributed by atoms with Crippen LogP contribution in [-0.2, 0) is 0 Å². The Morgan fingerprint density at radius 2 is 0.902 bits per heavy atom. The van der Waals surface area contributed by atoms with Crippen LogP contribution in [0.25, 0.3) is 97.4 Å². The molecule has 0 amide bonds. The lowest BCUT2D eigenvalue weighted by Crippen LogP contribution is -2.11. The third kappa shape index (κ3) is 6.01. The Morgan fingerprint density at radius 3 is 1.67 bits per heavy atom. The van der Waals surface area contributed by atoms with Gasteiger partial charge in [-0.05, 0) is 92.9 Å². The number of rotatable bonds is 7. The predicted molar refractivity (Wildman–Crippen MR) is 261 cm³/mol. The summed E-state index contributed by atoms with van der Waals surface area (Å²) in [7, 11) is 0. The van der Waals surface area contributed by atoms with E-state index in [-0.39, 0.29) is 0 Å². The van der Waals surface area contributed by atoms with E-state index in [0.29, 0.717) is 0 Å². The van der Waals surface area contributed by atoms with Gasteiger partial charge < -0.3 is 9.32 Å². The van der Waals surface area contributed by atoms with Gasteiger partial charge in [-0.1, -0.05) is 176 Å². The lowest BCUT2D eigenvalue weighted by molar-refractivity contribution is 0.673. The van der Waals surface area contributed by atoms with E-state index in [0.717, 1.165) is 55.5 Å². The third-order valence-electron chi connectivity index (χ3n) is 12.1. The van der Waals surface area contributed by atoms with E-state index in [1.807, 2.05) is 11.3 Å². The van der Waals surface area contributed by atoms with Crippen molar-refractivity contribution >= 4 is 81.3 Å². The summed E-state index contributed by atoms with van der Waals surface area (Å²) in [5.74, 6) is 0. The third-order valence-corrected chi connectivity index (χ3v) is 13.3. The molecular weight excluding hydrogens is 759 g/mol. The minimum atomic E-state index is 0.882. The van der Waals surface area contributed by atoms with Gasteiger partial charge in [0.1, 0.15) is 11.2 Å². The molecule has 0 bridgehead atoms. The zero-order chi connectivity index (χ0) is 40.3.